The monoisotopic (exact) mass is 206 g/mol. The third kappa shape index (κ3) is 2.70. The lowest BCUT2D eigenvalue weighted by Crippen LogP contribution is -2.30. The summed E-state index contributed by atoms with van der Waals surface area (Å²) in [5.74, 6) is 0. The van der Waals surface area contributed by atoms with Gasteiger partial charge in [0.2, 0.25) is 0 Å². The number of hydrogen-bond acceptors (Lipinski definition) is 1. The number of rotatable bonds is 2. The summed E-state index contributed by atoms with van der Waals surface area (Å²) in [7, 11) is 0. The molecule has 0 aliphatic heterocycles. The summed E-state index contributed by atoms with van der Waals surface area (Å²) < 4.78 is 0. The summed E-state index contributed by atoms with van der Waals surface area (Å²) in [6, 6.07) is 8.81. The molecule has 1 aromatic rings. The molecule has 14 heavy (non-hydrogen) atoms. The van der Waals surface area contributed by atoms with Gasteiger partial charge in [-0.05, 0) is 49.7 Å². The zero-order valence-electron chi connectivity index (χ0n) is 8.21. The van der Waals surface area contributed by atoms with Gasteiger partial charge in [-0.2, -0.15) is 0 Å². The lowest BCUT2D eigenvalue weighted by Gasteiger charge is -2.09. The molecule has 0 bridgehead atoms. The molecule has 2 rings (SSSR count). The van der Waals surface area contributed by atoms with Gasteiger partial charge in [-0.3, -0.25) is 0 Å². The minimum atomic E-state index is 0.611. The molecule has 0 atom stereocenters. The second-order valence-corrected chi connectivity index (χ2v) is 4.15. The first-order valence-corrected chi connectivity index (χ1v) is 5.29. The van der Waals surface area contributed by atoms with Crippen LogP contribution in [0.1, 0.15) is 18.4 Å². The standard InChI is InChI=1S/C11H14N2S/c1-8-3-2-4-10(7-8)13-11(14)12-9-5-6-9/h2-4,7,9H,5-6H2,1H3,(H2,12,13,14). The zero-order valence-corrected chi connectivity index (χ0v) is 9.03. The number of thiocarbonyl (C=S) groups is 1. The molecule has 1 aliphatic carbocycles. The maximum atomic E-state index is 5.17. The minimum absolute atomic E-state index is 0.611. The summed E-state index contributed by atoms with van der Waals surface area (Å²) >= 11 is 5.17. The molecular weight excluding hydrogens is 192 g/mol. The molecule has 1 aromatic carbocycles. The first-order valence-electron chi connectivity index (χ1n) is 4.88. The first-order chi connectivity index (χ1) is 6.74. The van der Waals surface area contributed by atoms with Crippen molar-refractivity contribution < 1.29 is 0 Å². The molecule has 3 heteroatoms. The van der Waals surface area contributed by atoms with Crippen molar-refractivity contribution in [2.45, 2.75) is 25.8 Å². The fraction of sp³-hybridized carbons (Fsp3) is 0.364. The number of anilines is 1. The van der Waals surface area contributed by atoms with Gasteiger partial charge in [-0.15, -0.1) is 0 Å². The van der Waals surface area contributed by atoms with Gasteiger partial charge in [0.25, 0.3) is 0 Å². The van der Waals surface area contributed by atoms with Crippen molar-refractivity contribution in [3.8, 4) is 0 Å². The highest BCUT2D eigenvalue weighted by Gasteiger charge is 2.21. The maximum absolute atomic E-state index is 5.17. The van der Waals surface area contributed by atoms with Crippen LogP contribution in [0.5, 0.6) is 0 Å². The normalized spacial score (nSPS) is 14.9. The fourth-order valence-corrected chi connectivity index (χ4v) is 1.59. The van der Waals surface area contributed by atoms with Crippen LogP contribution in [0.4, 0.5) is 5.69 Å². The topological polar surface area (TPSA) is 24.1 Å². The van der Waals surface area contributed by atoms with Gasteiger partial charge in [0.1, 0.15) is 0 Å². The summed E-state index contributed by atoms with van der Waals surface area (Å²) in [5, 5.41) is 7.15. The lowest BCUT2D eigenvalue weighted by atomic mass is 10.2. The SMILES string of the molecule is Cc1cccc(NC(=S)NC2CC2)c1. The van der Waals surface area contributed by atoms with E-state index in [1.807, 2.05) is 12.1 Å². The third-order valence-corrected chi connectivity index (χ3v) is 2.41. The Morgan fingerprint density at radius 2 is 2.21 bits per heavy atom. The van der Waals surface area contributed by atoms with Gasteiger partial charge in [0.15, 0.2) is 5.11 Å². The number of benzene rings is 1. The molecule has 1 aliphatic rings. The Morgan fingerprint density at radius 1 is 1.43 bits per heavy atom. The smallest absolute Gasteiger partial charge is 0.170 e. The van der Waals surface area contributed by atoms with Gasteiger partial charge in [-0.25, -0.2) is 0 Å². The van der Waals surface area contributed by atoms with Gasteiger partial charge in [-0.1, -0.05) is 12.1 Å². The summed E-state index contributed by atoms with van der Waals surface area (Å²) in [6.45, 7) is 2.07. The van der Waals surface area contributed by atoms with Crippen molar-refractivity contribution >= 4 is 23.0 Å². The molecule has 2 N–H and O–H groups in total. The lowest BCUT2D eigenvalue weighted by molar-refractivity contribution is 0.919. The molecule has 2 nitrogen and oxygen atoms in total. The summed E-state index contributed by atoms with van der Waals surface area (Å²) in [6.07, 6.45) is 2.49. The quantitative estimate of drug-likeness (QED) is 0.727. The molecule has 0 aromatic heterocycles. The van der Waals surface area contributed by atoms with Crippen molar-refractivity contribution in [1.29, 1.82) is 0 Å². The highest BCUT2D eigenvalue weighted by atomic mass is 32.1. The van der Waals surface area contributed by atoms with Crippen LogP contribution in [0.15, 0.2) is 24.3 Å². The van der Waals surface area contributed by atoms with Crippen molar-refractivity contribution in [1.82, 2.24) is 5.32 Å². The van der Waals surface area contributed by atoms with E-state index in [0.717, 1.165) is 10.8 Å². The number of hydrogen-bond donors (Lipinski definition) is 2. The van der Waals surface area contributed by atoms with E-state index in [0.29, 0.717) is 6.04 Å². The van der Waals surface area contributed by atoms with Gasteiger partial charge >= 0.3 is 0 Å². The van der Waals surface area contributed by atoms with E-state index in [2.05, 4.69) is 29.7 Å². The Balaban J connectivity index is 1.92. The minimum Gasteiger partial charge on any atom is -0.360 e. The van der Waals surface area contributed by atoms with Crippen molar-refractivity contribution in [3.63, 3.8) is 0 Å². The predicted molar refractivity (Wildman–Crippen MR) is 63.6 cm³/mol. The fourth-order valence-electron chi connectivity index (χ4n) is 1.30. The molecule has 0 radical (unpaired) electrons. The van der Waals surface area contributed by atoms with Crippen LogP contribution in [0, 0.1) is 6.92 Å². The molecule has 0 unspecified atom stereocenters. The third-order valence-electron chi connectivity index (χ3n) is 2.19. The Hall–Kier alpha value is -1.09. The van der Waals surface area contributed by atoms with E-state index in [-0.39, 0.29) is 0 Å². The Labute approximate surface area is 89.7 Å². The average Bonchev–Trinajstić information content (AvgIpc) is 2.87. The van der Waals surface area contributed by atoms with Crippen LogP contribution in [0.2, 0.25) is 0 Å². The van der Waals surface area contributed by atoms with Crippen LogP contribution in [0.3, 0.4) is 0 Å². The average molecular weight is 206 g/mol. The predicted octanol–water partition coefficient (Wildman–Crippen LogP) is 2.44. The largest absolute Gasteiger partial charge is 0.360 e. The number of aryl methyl sites for hydroxylation is 1. The second-order valence-electron chi connectivity index (χ2n) is 3.74. The van der Waals surface area contributed by atoms with E-state index in [1.54, 1.807) is 0 Å². The highest BCUT2D eigenvalue weighted by Crippen LogP contribution is 2.19. The van der Waals surface area contributed by atoms with Crippen LogP contribution in [-0.2, 0) is 0 Å². The molecule has 1 saturated carbocycles. The number of nitrogens with one attached hydrogen (secondary N) is 2. The Kier molecular flexibility index (Phi) is 2.68. The molecule has 0 amide bonds. The molecule has 74 valence electrons. The van der Waals surface area contributed by atoms with Crippen molar-refractivity contribution in [2.75, 3.05) is 5.32 Å². The second kappa shape index (κ2) is 3.96. The molecular formula is C11H14N2S. The van der Waals surface area contributed by atoms with Crippen LogP contribution >= 0.6 is 12.2 Å². The Morgan fingerprint density at radius 3 is 2.86 bits per heavy atom. The van der Waals surface area contributed by atoms with E-state index < -0.39 is 0 Å². The first kappa shape index (κ1) is 9.46. The van der Waals surface area contributed by atoms with Crippen molar-refractivity contribution in [2.24, 2.45) is 0 Å². The van der Waals surface area contributed by atoms with Gasteiger partial charge in [0, 0.05) is 11.7 Å². The molecule has 0 heterocycles. The van der Waals surface area contributed by atoms with E-state index in [1.165, 1.54) is 18.4 Å². The van der Waals surface area contributed by atoms with E-state index in [4.69, 9.17) is 12.2 Å². The van der Waals surface area contributed by atoms with E-state index in [9.17, 15) is 0 Å². The Bertz CT molecular complexity index is 345. The molecule has 0 spiro atoms. The van der Waals surface area contributed by atoms with Gasteiger partial charge < -0.3 is 10.6 Å². The van der Waals surface area contributed by atoms with Crippen LogP contribution in [0.25, 0.3) is 0 Å². The van der Waals surface area contributed by atoms with Crippen LogP contribution in [-0.4, -0.2) is 11.2 Å². The van der Waals surface area contributed by atoms with E-state index >= 15 is 0 Å². The highest BCUT2D eigenvalue weighted by molar-refractivity contribution is 7.80. The molecule has 0 saturated heterocycles. The van der Waals surface area contributed by atoms with Gasteiger partial charge in [0.05, 0.1) is 0 Å². The maximum Gasteiger partial charge on any atom is 0.170 e. The molecule has 1 fully saturated rings. The van der Waals surface area contributed by atoms with Crippen molar-refractivity contribution in [3.05, 3.63) is 29.8 Å². The zero-order chi connectivity index (χ0) is 9.97. The summed E-state index contributed by atoms with van der Waals surface area (Å²) in [4.78, 5) is 0. The summed E-state index contributed by atoms with van der Waals surface area (Å²) in [5.41, 5.74) is 2.30. The van der Waals surface area contributed by atoms with Crippen LogP contribution < -0.4 is 10.6 Å².